The lowest BCUT2D eigenvalue weighted by atomic mass is 10.1. The predicted molar refractivity (Wildman–Crippen MR) is 66.8 cm³/mol. The van der Waals surface area contributed by atoms with Crippen LogP contribution in [0.3, 0.4) is 0 Å². The molecule has 0 radical (unpaired) electrons. The van der Waals surface area contributed by atoms with Gasteiger partial charge in [0.1, 0.15) is 0 Å². The van der Waals surface area contributed by atoms with Crippen molar-refractivity contribution in [3.8, 4) is 0 Å². The van der Waals surface area contributed by atoms with Crippen LogP contribution in [0.25, 0.3) is 0 Å². The van der Waals surface area contributed by atoms with Crippen molar-refractivity contribution in [3.63, 3.8) is 0 Å². The van der Waals surface area contributed by atoms with Gasteiger partial charge in [-0.1, -0.05) is 13.8 Å². The summed E-state index contributed by atoms with van der Waals surface area (Å²) in [6.07, 6.45) is 4.49. The maximum absolute atomic E-state index is 12.2. The number of ether oxygens (including phenoxy) is 1. The van der Waals surface area contributed by atoms with Crippen LogP contribution in [0.4, 0.5) is 0 Å². The molecule has 4 heteroatoms. The number of amides is 1. The molecule has 1 rings (SSSR count). The van der Waals surface area contributed by atoms with Gasteiger partial charge in [-0.15, -0.1) is 0 Å². The summed E-state index contributed by atoms with van der Waals surface area (Å²) in [5.41, 5.74) is 0. The zero-order valence-corrected chi connectivity index (χ0v) is 11.0. The first-order valence-electron chi connectivity index (χ1n) is 6.74. The van der Waals surface area contributed by atoms with E-state index >= 15 is 0 Å². The maximum atomic E-state index is 12.2. The predicted octanol–water partition coefficient (Wildman–Crippen LogP) is 1.56. The number of hydrogen-bond acceptors (Lipinski definition) is 3. The average molecular weight is 243 g/mol. The monoisotopic (exact) mass is 243 g/mol. The van der Waals surface area contributed by atoms with Gasteiger partial charge in [-0.3, -0.25) is 4.79 Å². The van der Waals surface area contributed by atoms with E-state index < -0.39 is 0 Å². The van der Waals surface area contributed by atoms with E-state index in [0.717, 1.165) is 32.3 Å². The summed E-state index contributed by atoms with van der Waals surface area (Å²) in [6.45, 7) is 5.42. The van der Waals surface area contributed by atoms with Crippen LogP contribution >= 0.6 is 0 Å². The van der Waals surface area contributed by atoms with Gasteiger partial charge in [0, 0.05) is 19.2 Å². The third-order valence-corrected chi connectivity index (χ3v) is 3.47. The Morgan fingerprint density at radius 1 is 1.47 bits per heavy atom. The second-order valence-corrected chi connectivity index (χ2v) is 4.62. The number of nitrogens with zero attached hydrogens (tertiary/aromatic N) is 1. The summed E-state index contributed by atoms with van der Waals surface area (Å²) in [6, 6.07) is 0.246. The lowest BCUT2D eigenvalue weighted by Gasteiger charge is -2.30. The highest BCUT2D eigenvalue weighted by Crippen LogP contribution is 2.18. The van der Waals surface area contributed by atoms with Crippen LogP contribution in [-0.4, -0.2) is 47.8 Å². The van der Waals surface area contributed by atoms with Gasteiger partial charge in [0.15, 0.2) is 0 Å². The van der Waals surface area contributed by atoms with Crippen molar-refractivity contribution in [2.24, 2.45) is 0 Å². The molecule has 0 aromatic heterocycles. The Hall–Kier alpha value is -0.610. The van der Waals surface area contributed by atoms with E-state index in [4.69, 9.17) is 9.84 Å². The molecule has 1 aliphatic heterocycles. The molecule has 17 heavy (non-hydrogen) atoms. The average Bonchev–Trinajstić information content (AvgIpc) is 2.82. The minimum Gasteiger partial charge on any atom is -0.395 e. The molecule has 1 fully saturated rings. The normalized spacial score (nSPS) is 19.9. The largest absolute Gasteiger partial charge is 0.395 e. The van der Waals surface area contributed by atoms with Gasteiger partial charge < -0.3 is 14.7 Å². The number of hydrogen-bond donors (Lipinski definition) is 1. The molecule has 0 aliphatic carbocycles. The van der Waals surface area contributed by atoms with Crippen LogP contribution in [0.5, 0.6) is 0 Å². The van der Waals surface area contributed by atoms with Gasteiger partial charge in [-0.2, -0.15) is 0 Å². The van der Waals surface area contributed by atoms with E-state index in [1.807, 2.05) is 4.90 Å². The molecule has 1 unspecified atom stereocenters. The summed E-state index contributed by atoms with van der Waals surface area (Å²) < 4.78 is 5.49. The standard InChI is InChI=1S/C13H25NO3/c1-3-11(4-2)14(7-8-15)13(16)10-12-6-5-9-17-12/h11-12,15H,3-10H2,1-2H3. The Morgan fingerprint density at radius 3 is 2.65 bits per heavy atom. The molecule has 0 aromatic rings. The van der Waals surface area contributed by atoms with Crippen molar-refractivity contribution >= 4 is 5.91 Å². The van der Waals surface area contributed by atoms with Gasteiger partial charge in [0.05, 0.1) is 19.1 Å². The van der Waals surface area contributed by atoms with Crippen LogP contribution in [0.15, 0.2) is 0 Å². The summed E-state index contributed by atoms with van der Waals surface area (Å²) in [4.78, 5) is 14.0. The molecule has 0 saturated carbocycles. The van der Waals surface area contributed by atoms with Gasteiger partial charge in [-0.25, -0.2) is 0 Å². The maximum Gasteiger partial charge on any atom is 0.225 e. The highest BCUT2D eigenvalue weighted by Gasteiger charge is 2.25. The Kier molecular flexibility index (Phi) is 6.52. The van der Waals surface area contributed by atoms with Crippen molar-refractivity contribution in [2.45, 2.75) is 58.1 Å². The van der Waals surface area contributed by atoms with E-state index in [0.29, 0.717) is 13.0 Å². The minimum absolute atomic E-state index is 0.0355. The fourth-order valence-electron chi connectivity index (χ4n) is 2.47. The van der Waals surface area contributed by atoms with Gasteiger partial charge in [-0.05, 0) is 25.7 Å². The van der Waals surface area contributed by atoms with Crippen LogP contribution in [0.2, 0.25) is 0 Å². The van der Waals surface area contributed by atoms with Crippen LogP contribution in [0, 0.1) is 0 Å². The zero-order valence-electron chi connectivity index (χ0n) is 11.0. The SMILES string of the molecule is CCC(CC)N(CCO)C(=O)CC1CCCO1. The molecule has 1 N–H and O–H groups in total. The first-order chi connectivity index (χ1) is 8.22. The van der Waals surface area contributed by atoms with E-state index in [1.165, 1.54) is 0 Å². The lowest BCUT2D eigenvalue weighted by Crippen LogP contribution is -2.42. The number of carbonyl (C=O) groups is 1. The Labute approximate surface area is 104 Å². The van der Waals surface area contributed by atoms with Gasteiger partial charge in [0.2, 0.25) is 5.91 Å². The van der Waals surface area contributed by atoms with Crippen LogP contribution in [-0.2, 0) is 9.53 Å². The highest BCUT2D eigenvalue weighted by molar-refractivity contribution is 5.77. The number of aliphatic hydroxyl groups excluding tert-OH is 1. The number of carbonyl (C=O) groups excluding carboxylic acids is 1. The fraction of sp³-hybridized carbons (Fsp3) is 0.923. The van der Waals surface area contributed by atoms with Crippen molar-refractivity contribution in [1.82, 2.24) is 4.90 Å². The molecular formula is C13H25NO3. The first kappa shape index (κ1) is 14.5. The van der Waals surface area contributed by atoms with Crippen molar-refractivity contribution < 1.29 is 14.6 Å². The molecule has 1 saturated heterocycles. The molecule has 1 atom stereocenters. The summed E-state index contributed by atoms with van der Waals surface area (Å²) in [5, 5.41) is 9.06. The smallest absolute Gasteiger partial charge is 0.225 e. The first-order valence-corrected chi connectivity index (χ1v) is 6.74. The van der Waals surface area contributed by atoms with E-state index in [-0.39, 0.29) is 24.7 Å². The van der Waals surface area contributed by atoms with Crippen molar-refractivity contribution in [3.05, 3.63) is 0 Å². The van der Waals surface area contributed by atoms with Crippen molar-refractivity contribution in [1.29, 1.82) is 0 Å². The minimum atomic E-state index is 0.0355. The Bertz CT molecular complexity index is 223. The molecule has 0 spiro atoms. The quantitative estimate of drug-likeness (QED) is 0.738. The van der Waals surface area contributed by atoms with Crippen LogP contribution in [0.1, 0.15) is 46.0 Å². The van der Waals surface area contributed by atoms with Crippen molar-refractivity contribution in [2.75, 3.05) is 19.8 Å². The number of rotatable bonds is 7. The van der Waals surface area contributed by atoms with E-state index in [2.05, 4.69) is 13.8 Å². The highest BCUT2D eigenvalue weighted by atomic mass is 16.5. The van der Waals surface area contributed by atoms with Gasteiger partial charge >= 0.3 is 0 Å². The Morgan fingerprint density at radius 2 is 2.18 bits per heavy atom. The molecule has 100 valence electrons. The molecule has 1 amide bonds. The summed E-state index contributed by atoms with van der Waals surface area (Å²) >= 11 is 0. The molecule has 4 nitrogen and oxygen atoms in total. The Balaban J connectivity index is 2.52. The third kappa shape index (κ3) is 4.28. The van der Waals surface area contributed by atoms with E-state index in [9.17, 15) is 4.79 Å². The molecule has 0 aromatic carbocycles. The fourth-order valence-corrected chi connectivity index (χ4v) is 2.47. The second kappa shape index (κ2) is 7.67. The zero-order chi connectivity index (χ0) is 12.7. The second-order valence-electron chi connectivity index (χ2n) is 4.62. The summed E-state index contributed by atoms with van der Waals surface area (Å²) in [5.74, 6) is 0.125. The molecular weight excluding hydrogens is 218 g/mol. The van der Waals surface area contributed by atoms with E-state index in [1.54, 1.807) is 0 Å². The van der Waals surface area contributed by atoms with Gasteiger partial charge in [0.25, 0.3) is 0 Å². The lowest BCUT2D eigenvalue weighted by molar-refractivity contribution is -0.136. The van der Waals surface area contributed by atoms with Crippen LogP contribution < -0.4 is 0 Å². The molecule has 1 aliphatic rings. The molecule has 1 heterocycles. The third-order valence-electron chi connectivity index (χ3n) is 3.47. The molecule has 0 bridgehead atoms. The topological polar surface area (TPSA) is 49.8 Å². The summed E-state index contributed by atoms with van der Waals surface area (Å²) in [7, 11) is 0. The number of aliphatic hydroxyl groups is 1.